The Morgan fingerprint density at radius 2 is 1.88 bits per heavy atom. The maximum absolute atomic E-state index is 11.5. The molecule has 4 nitrogen and oxygen atoms in total. The summed E-state index contributed by atoms with van der Waals surface area (Å²) in [6.07, 6.45) is 0. The highest BCUT2D eigenvalue weighted by molar-refractivity contribution is 6.36. The molecule has 0 spiro atoms. The van der Waals surface area contributed by atoms with E-state index in [4.69, 9.17) is 11.6 Å². The van der Waals surface area contributed by atoms with Crippen LogP contribution in [-0.2, 0) is 5.41 Å². The fourth-order valence-corrected chi connectivity index (χ4v) is 1.80. The standard InChI is InChI=1S/C11H11ClN2O2/c1-11(2,3)6-4-5-7(8(12)13-6)10(16)14-9(5)15/h4H,1-3H3,(H,14,15,16). The Balaban J connectivity index is 2.68. The number of imide groups is 1. The summed E-state index contributed by atoms with van der Waals surface area (Å²) in [4.78, 5) is 27.0. The minimum absolute atomic E-state index is 0.0887. The molecule has 84 valence electrons. The largest absolute Gasteiger partial charge is 0.288 e. The molecular weight excluding hydrogens is 228 g/mol. The molecule has 0 fully saturated rings. The number of carbonyl (C=O) groups is 2. The Bertz CT molecular complexity index is 503. The second-order valence-corrected chi connectivity index (χ2v) is 5.11. The topological polar surface area (TPSA) is 59.1 Å². The van der Waals surface area contributed by atoms with Crippen LogP contribution in [0.2, 0.25) is 5.15 Å². The zero-order chi connectivity index (χ0) is 12.1. The highest BCUT2D eigenvalue weighted by Gasteiger charge is 2.32. The maximum atomic E-state index is 11.5. The molecule has 0 radical (unpaired) electrons. The van der Waals surface area contributed by atoms with Gasteiger partial charge in [-0.15, -0.1) is 0 Å². The summed E-state index contributed by atoms with van der Waals surface area (Å²) in [5.41, 5.74) is 0.973. The third kappa shape index (κ3) is 1.59. The average Bonchev–Trinajstić information content (AvgIpc) is 2.41. The van der Waals surface area contributed by atoms with Crippen molar-refractivity contribution in [3.05, 3.63) is 28.0 Å². The lowest BCUT2D eigenvalue weighted by Crippen LogP contribution is -2.20. The van der Waals surface area contributed by atoms with E-state index in [1.54, 1.807) is 6.07 Å². The number of nitrogens with zero attached hydrogens (tertiary/aromatic N) is 1. The number of rotatable bonds is 0. The lowest BCUT2D eigenvalue weighted by molar-refractivity contribution is 0.0879. The molecule has 2 heterocycles. The van der Waals surface area contributed by atoms with E-state index < -0.39 is 11.8 Å². The molecule has 1 aromatic heterocycles. The van der Waals surface area contributed by atoms with Gasteiger partial charge in [0.15, 0.2) is 0 Å². The fourth-order valence-electron chi connectivity index (χ4n) is 1.53. The maximum Gasteiger partial charge on any atom is 0.262 e. The molecule has 16 heavy (non-hydrogen) atoms. The summed E-state index contributed by atoms with van der Waals surface area (Å²) in [6, 6.07) is 1.63. The zero-order valence-corrected chi connectivity index (χ0v) is 9.97. The molecule has 1 aliphatic heterocycles. The van der Waals surface area contributed by atoms with E-state index in [0.29, 0.717) is 11.3 Å². The van der Waals surface area contributed by atoms with Crippen molar-refractivity contribution in [2.24, 2.45) is 0 Å². The van der Waals surface area contributed by atoms with Gasteiger partial charge in [-0.1, -0.05) is 32.4 Å². The lowest BCUT2D eigenvalue weighted by Gasteiger charge is -2.18. The van der Waals surface area contributed by atoms with Crippen LogP contribution in [0.4, 0.5) is 0 Å². The number of hydrogen-bond donors (Lipinski definition) is 1. The van der Waals surface area contributed by atoms with Crippen molar-refractivity contribution in [1.82, 2.24) is 10.3 Å². The molecular formula is C11H11ClN2O2. The Morgan fingerprint density at radius 1 is 1.25 bits per heavy atom. The van der Waals surface area contributed by atoms with Gasteiger partial charge < -0.3 is 0 Å². The van der Waals surface area contributed by atoms with Gasteiger partial charge in [0.05, 0.1) is 11.1 Å². The van der Waals surface area contributed by atoms with E-state index in [1.807, 2.05) is 20.8 Å². The number of nitrogens with one attached hydrogen (secondary N) is 1. The Labute approximate surface area is 98.0 Å². The summed E-state index contributed by atoms with van der Waals surface area (Å²) < 4.78 is 0. The number of hydrogen-bond acceptors (Lipinski definition) is 3. The van der Waals surface area contributed by atoms with Crippen LogP contribution in [0.25, 0.3) is 0 Å². The van der Waals surface area contributed by atoms with Crippen LogP contribution in [0.5, 0.6) is 0 Å². The molecule has 1 N–H and O–H groups in total. The summed E-state index contributed by atoms with van der Waals surface area (Å²) >= 11 is 5.92. The second kappa shape index (κ2) is 3.28. The molecule has 0 saturated carbocycles. The monoisotopic (exact) mass is 238 g/mol. The Hall–Kier alpha value is -1.42. The van der Waals surface area contributed by atoms with Crippen molar-refractivity contribution < 1.29 is 9.59 Å². The summed E-state index contributed by atoms with van der Waals surface area (Å²) in [5, 5.41) is 2.29. The number of aromatic nitrogens is 1. The number of carbonyl (C=O) groups excluding carboxylic acids is 2. The quantitative estimate of drug-likeness (QED) is 0.555. The minimum atomic E-state index is -0.474. The van der Waals surface area contributed by atoms with Gasteiger partial charge in [-0.05, 0) is 6.07 Å². The molecule has 0 unspecified atom stereocenters. The van der Waals surface area contributed by atoms with Gasteiger partial charge in [-0.3, -0.25) is 14.9 Å². The van der Waals surface area contributed by atoms with E-state index in [0.717, 1.165) is 0 Å². The van der Waals surface area contributed by atoms with Gasteiger partial charge in [0, 0.05) is 11.1 Å². The van der Waals surface area contributed by atoms with Crippen molar-refractivity contribution in [2.45, 2.75) is 26.2 Å². The van der Waals surface area contributed by atoms with Crippen LogP contribution >= 0.6 is 11.6 Å². The summed E-state index contributed by atoms with van der Waals surface area (Å²) in [6.45, 7) is 5.90. The minimum Gasteiger partial charge on any atom is -0.288 e. The van der Waals surface area contributed by atoms with E-state index >= 15 is 0 Å². The Kier molecular flexibility index (Phi) is 2.27. The predicted molar refractivity (Wildman–Crippen MR) is 59.7 cm³/mol. The molecule has 2 amide bonds. The third-order valence-electron chi connectivity index (χ3n) is 2.44. The highest BCUT2D eigenvalue weighted by atomic mass is 35.5. The van der Waals surface area contributed by atoms with Gasteiger partial charge in [0.2, 0.25) is 0 Å². The average molecular weight is 239 g/mol. The first-order valence-corrected chi connectivity index (χ1v) is 5.25. The van der Waals surface area contributed by atoms with Crippen LogP contribution in [0.15, 0.2) is 6.07 Å². The first kappa shape index (κ1) is 11.1. The summed E-state index contributed by atoms with van der Waals surface area (Å²) in [5.74, 6) is -0.882. The first-order chi connectivity index (χ1) is 7.30. The molecule has 0 aromatic carbocycles. The van der Waals surface area contributed by atoms with Crippen molar-refractivity contribution in [3.8, 4) is 0 Å². The lowest BCUT2D eigenvalue weighted by atomic mass is 9.90. The van der Waals surface area contributed by atoms with Gasteiger partial charge in [-0.2, -0.15) is 0 Å². The summed E-state index contributed by atoms with van der Waals surface area (Å²) in [7, 11) is 0. The molecule has 0 saturated heterocycles. The van der Waals surface area contributed by atoms with Gasteiger partial charge >= 0.3 is 0 Å². The predicted octanol–water partition coefficient (Wildman–Crippen LogP) is 1.92. The van der Waals surface area contributed by atoms with Crippen molar-refractivity contribution in [2.75, 3.05) is 0 Å². The Morgan fingerprint density at radius 3 is 2.44 bits per heavy atom. The van der Waals surface area contributed by atoms with Crippen LogP contribution < -0.4 is 5.32 Å². The molecule has 0 aliphatic carbocycles. The van der Waals surface area contributed by atoms with Crippen molar-refractivity contribution in [1.29, 1.82) is 0 Å². The zero-order valence-electron chi connectivity index (χ0n) is 9.22. The van der Waals surface area contributed by atoms with Crippen LogP contribution in [0.1, 0.15) is 47.2 Å². The van der Waals surface area contributed by atoms with Crippen LogP contribution in [-0.4, -0.2) is 16.8 Å². The third-order valence-corrected chi connectivity index (χ3v) is 2.72. The van der Waals surface area contributed by atoms with Crippen LogP contribution in [0.3, 0.4) is 0 Å². The van der Waals surface area contributed by atoms with Gasteiger partial charge in [0.25, 0.3) is 11.8 Å². The smallest absolute Gasteiger partial charge is 0.262 e. The molecule has 1 aromatic rings. The van der Waals surface area contributed by atoms with Gasteiger partial charge in [0.1, 0.15) is 5.15 Å². The number of halogens is 1. The van der Waals surface area contributed by atoms with E-state index in [2.05, 4.69) is 10.3 Å². The first-order valence-electron chi connectivity index (χ1n) is 4.87. The van der Waals surface area contributed by atoms with Crippen molar-refractivity contribution >= 4 is 23.4 Å². The number of pyridine rings is 1. The molecule has 5 heteroatoms. The highest BCUT2D eigenvalue weighted by Crippen LogP contribution is 2.28. The van der Waals surface area contributed by atoms with Gasteiger partial charge in [-0.25, -0.2) is 4.98 Å². The number of amides is 2. The number of fused-ring (bicyclic) bond motifs is 1. The molecule has 1 aliphatic rings. The second-order valence-electron chi connectivity index (χ2n) is 4.75. The van der Waals surface area contributed by atoms with Crippen molar-refractivity contribution in [3.63, 3.8) is 0 Å². The molecule has 0 bridgehead atoms. The fraction of sp³-hybridized carbons (Fsp3) is 0.364. The SMILES string of the molecule is CC(C)(C)c1cc2c(c(Cl)n1)C(=O)NC2=O. The molecule has 0 atom stereocenters. The van der Waals surface area contributed by atoms with E-state index in [-0.39, 0.29) is 16.1 Å². The normalized spacial score (nSPS) is 15.0. The van der Waals surface area contributed by atoms with Crippen LogP contribution in [0, 0.1) is 0 Å². The molecule has 2 rings (SSSR count). The van der Waals surface area contributed by atoms with E-state index in [1.165, 1.54) is 0 Å². The van der Waals surface area contributed by atoms with E-state index in [9.17, 15) is 9.59 Å².